The van der Waals surface area contributed by atoms with Crippen LogP contribution in [0.5, 0.6) is 0 Å². The van der Waals surface area contributed by atoms with Gasteiger partial charge >= 0.3 is 12.0 Å². The van der Waals surface area contributed by atoms with Gasteiger partial charge in [0.25, 0.3) is 0 Å². The highest BCUT2D eigenvalue weighted by atomic mass is 32.2. The first-order valence-corrected chi connectivity index (χ1v) is 7.06. The summed E-state index contributed by atoms with van der Waals surface area (Å²) in [6.07, 6.45) is 3.04. The van der Waals surface area contributed by atoms with Crippen molar-refractivity contribution in [3.63, 3.8) is 0 Å². The summed E-state index contributed by atoms with van der Waals surface area (Å²) in [6, 6.07) is -0.524. The molecule has 0 aromatic heterocycles. The molecule has 0 aromatic rings. The van der Waals surface area contributed by atoms with E-state index < -0.39 is 17.9 Å². The summed E-state index contributed by atoms with van der Waals surface area (Å²) in [5, 5.41) is 13.6. The first-order chi connectivity index (χ1) is 8.45. The Hall–Kier alpha value is -1.24. The van der Waals surface area contributed by atoms with Crippen LogP contribution >= 0.6 is 11.8 Å². The van der Waals surface area contributed by atoms with E-state index in [1.807, 2.05) is 6.26 Å². The van der Waals surface area contributed by atoms with Gasteiger partial charge < -0.3 is 10.4 Å². The molecule has 0 bridgehead atoms. The van der Waals surface area contributed by atoms with Gasteiger partial charge in [-0.15, -0.1) is 0 Å². The first-order valence-electron chi connectivity index (χ1n) is 5.78. The minimum Gasteiger partial charge on any atom is -0.481 e. The van der Waals surface area contributed by atoms with Gasteiger partial charge in [-0.25, -0.2) is 4.79 Å². The van der Waals surface area contributed by atoms with Crippen LogP contribution in [0.2, 0.25) is 0 Å². The van der Waals surface area contributed by atoms with Crippen molar-refractivity contribution in [2.24, 2.45) is 0 Å². The van der Waals surface area contributed by atoms with E-state index in [9.17, 15) is 14.4 Å². The Balaban J connectivity index is 3.61. The largest absolute Gasteiger partial charge is 0.481 e. The maximum atomic E-state index is 11.3. The number of rotatable bonds is 8. The van der Waals surface area contributed by atoms with E-state index in [0.717, 1.165) is 6.42 Å². The second-order valence-corrected chi connectivity index (χ2v) is 5.16. The summed E-state index contributed by atoms with van der Waals surface area (Å²) in [6.45, 7) is 2.57. The lowest BCUT2D eigenvalue weighted by Crippen LogP contribution is -2.40. The van der Waals surface area contributed by atoms with E-state index in [1.165, 1.54) is 0 Å². The summed E-state index contributed by atoms with van der Waals surface area (Å²) < 4.78 is 0. The molecule has 3 N–H and O–H groups in total. The van der Waals surface area contributed by atoms with Crippen molar-refractivity contribution < 1.29 is 19.5 Å². The van der Waals surface area contributed by atoms with Crippen molar-refractivity contribution in [1.82, 2.24) is 10.6 Å². The van der Waals surface area contributed by atoms with Crippen LogP contribution in [0.15, 0.2) is 0 Å². The minimum absolute atomic E-state index is 0.0426. The SMILES string of the molecule is CSC(C)CCNC(=O)NC(=O)CCCC(=O)O. The zero-order valence-electron chi connectivity index (χ0n) is 10.7. The third-order valence-electron chi connectivity index (χ3n) is 2.29. The second-order valence-electron chi connectivity index (χ2n) is 3.89. The lowest BCUT2D eigenvalue weighted by Gasteiger charge is -2.09. The maximum Gasteiger partial charge on any atom is 0.321 e. The molecule has 0 spiro atoms. The summed E-state index contributed by atoms with van der Waals surface area (Å²) in [5.74, 6) is -1.40. The lowest BCUT2D eigenvalue weighted by atomic mass is 10.2. The van der Waals surface area contributed by atoms with Gasteiger partial charge in [0.15, 0.2) is 0 Å². The summed E-state index contributed by atoms with van der Waals surface area (Å²) >= 11 is 1.71. The van der Waals surface area contributed by atoms with Gasteiger partial charge in [-0.2, -0.15) is 11.8 Å². The number of carbonyl (C=O) groups excluding carboxylic acids is 2. The highest BCUT2D eigenvalue weighted by Crippen LogP contribution is 2.07. The summed E-state index contributed by atoms with van der Waals surface area (Å²) in [7, 11) is 0. The van der Waals surface area contributed by atoms with Crippen molar-refractivity contribution in [3.8, 4) is 0 Å². The average molecular weight is 276 g/mol. The van der Waals surface area contributed by atoms with E-state index in [-0.39, 0.29) is 19.3 Å². The van der Waals surface area contributed by atoms with Gasteiger partial charge in [-0.3, -0.25) is 14.9 Å². The average Bonchev–Trinajstić information content (AvgIpc) is 2.28. The molecule has 1 atom stereocenters. The Bertz CT molecular complexity index is 297. The van der Waals surface area contributed by atoms with Crippen LogP contribution in [0.3, 0.4) is 0 Å². The van der Waals surface area contributed by atoms with Crippen LogP contribution in [-0.2, 0) is 9.59 Å². The van der Waals surface area contributed by atoms with Crippen LogP contribution in [0.1, 0.15) is 32.6 Å². The number of urea groups is 1. The standard InChI is InChI=1S/C11H20N2O4S/c1-8(18-2)6-7-12-11(17)13-9(14)4-3-5-10(15)16/h8H,3-7H2,1-2H3,(H,15,16)(H2,12,13,14,17). The molecule has 104 valence electrons. The van der Waals surface area contributed by atoms with E-state index in [0.29, 0.717) is 11.8 Å². The molecular formula is C11H20N2O4S. The topological polar surface area (TPSA) is 95.5 Å². The molecule has 1 unspecified atom stereocenters. The predicted octanol–water partition coefficient (Wildman–Crippen LogP) is 1.21. The van der Waals surface area contributed by atoms with Gasteiger partial charge in [-0.05, 0) is 19.1 Å². The number of imide groups is 1. The molecule has 3 amide bonds. The van der Waals surface area contributed by atoms with Crippen molar-refractivity contribution in [1.29, 1.82) is 0 Å². The number of carboxylic acids is 1. The normalized spacial score (nSPS) is 11.7. The smallest absolute Gasteiger partial charge is 0.321 e. The number of carbonyl (C=O) groups is 3. The fourth-order valence-corrected chi connectivity index (χ4v) is 1.49. The van der Waals surface area contributed by atoms with Crippen LogP contribution in [-0.4, -0.2) is 41.1 Å². The van der Waals surface area contributed by atoms with Crippen molar-refractivity contribution in [2.45, 2.75) is 37.9 Å². The molecule has 0 aromatic carbocycles. The summed E-state index contributed by atoms with van der Waals surface area (Å²) in [4.78, 5) is 32.7. The minimum atomic E-state index is -0.946. The van der Waals surface area contributed by atoms with E-state index >= 15 is 0 Å². The second kappa shape index (κ2) is 9.76. The number of hydrogen-bond donors (Lipinski definition) is 3. The predicted molar refractivity (Wildman–Crippen MR) is 70.6 cm³/mol. The third-order valence-corrected chi connectivity index (χ3v) is 3.33. The molecule has 18 heavy (non-hydrogen) atoms. The van der Waals surface area contributed by atoms with E-state index in [4.69, 9.17) is 5.11 Å². The Morgan fingerprint density at radius 2 is 1.94 bits per heavy atom. The van der Waals surface area contributed by atoms with Gasteiger partial charge in [0, 0.05) is 24.6 Å². The molecular weight excluding hydrogens is 256 g/mol. The van der Waals surface area contributed by atoms with E-state index in [1.54, 1.807) is 11.8 Å². The third kappa shape index (κ3) is 9.95. The number of aliphatic carboxylic acids is 1. The quantitative estimate of drug-likeness (QED) is 0.619. The summed E-state index contributed by atoms with van der Waals surface area (Å²) in [5.41, 5.74) is 0. The van der Waals surface area contributed by atoms with Crippen LogP contribution in [0.25, 0.3) is 0 Å². The Morgan fingerprint density at radius 1 is 1.28 bits per heavy atom. The molecule has 0 aliphatic carbocycles. The van der Waals surface area contributed by atoms with Crippen LogP contribution in [0, 0.1) is 0 Å². The molecule has 0 saturated heterocycles. The fraction of sp³-hybridized carbons (Fsp3) is 0.727. The van der Waals surface area contributed by atoms with Crippen molar-refractivity contribution in [2.75, 3.05) is 12.8 Å². The Morgan fingerprint density at radius 3 is 2.50 bits per heavy atom. The van der Waals surface area contributed by atoms with Crippen molar-refractivity contribution in [3.05, 3.63) is 0 Å². The van der Waals surface area contributed by atoms with Gasteiger partial charge in [-0.1, -0.05) is 6.92 Å². The fourth-order valence-electron chi connectivity index (χ4n) is 1.14. The molecule has 0 radical (unpaired) electrons. The van der Waals surface area contributed by atoms with Gasteiger partial charge in [0.2, 0.25) is 5.91 Å². The number of hydrogen-bond acceptors (Lipinski definition) is 4. The number of nitrogens with one attached hydrogen (secondary N) is 2. The Labute approximate surface area is 111 Å². The maximum absolute atomic E-state index is 11.3. The molecule has 0 heterocycles. The molecule has 0 fully saturated rings. The van der Waals surface area contributed by atoms with Crippen LogP contribution < -0.4 is 10.6 Å². The zero-order chi connectivity index (χ0) is 14.0. The number of amides is 3. The van der Waals surface area contributed by atoms with Gasteiger partial charge in [0.1, 0.15) is 0 Å². The number of carboxylic acid groups (broad SMARTS) is 1. The van der Waals surface area contributed by atoms with Gasteiger partial charge in [0.05, 0.1) is 0 Å². The molecule has 6 nitrogen and oxygen atoms in total. The monoisotopic (exact) mass is 276 g/mol. The highest BCUT2D eigenvalue weighted by molar-refractivity contribution is 7.99. The molecule has 0 aliphatic heterocycles. The van der Waals surface area contributed by atoms with Crippen molar-refractivity contribution >= 4 is 29.7 Å². The zero-order valence-corrected chi connectivity index (χ0v) is 11.5. The first kappa shape index (κ1) is 16.8. The highest BCUT2D eigenvalue weighted by Gasteiger charge is 2.08. The molecule has 7 heteroatoms. The van der Waals surface area contributed by atoms with E-state index in [2.05, 4.69) is 17.6 Å². The molecule has 0 saturated carbocycles. The molecule has 0 aliphatic rings. The lowest BCUT2D eigenvalue weighted by molar-refractivity contribution is -0.137. The number of thioether (sulfide) groups is 1. The molecule has 0 rings (SSSR count). The van der Waals surface area contributed by atoms with Crippen LogP contribution in [0.4, 0.5) is 4.79 Å². The Kier molecular flexibility index (Phi) is 9.08.